The summed E-state index contributed by atoms with van der Waals surface area (Å²) in [5.74, 6) is 0. The number of hydrogen-bond acceptors (Lipinski definition) is 3. The molecule has 0 aliphatic rings. The third kappa shape index (κ3) is 3.63. The summed E-state index contributed by atoms with van der Waals surface area (Å²) < 4.78 is 27.8. The Morgan fingerprint density at radius 1 is 1.14 bits per heavy atom. The van der Waals surface area contributed by atoms with E-state index in [-0.39, 0.29) is 9.92 Å². The van der Waals surface area contributed by atoms with Crippen molar-refractivity contribution < 1.29 is 8.42 Å². The Morgan fingerprint density at radius 2 is 1.81 bits per heavy atom. The van der Waals surface area contributed by atoms with Gasteiger partial charge in [-0.15, -0.1) is 0 Å². The number of aryl methyl sites for hydroxylation is 1. The highest BCUT2D eigenvalue weighted by atomic mass is 79.9. The van der Waals surface area contributed by atoms with Gasteiger partial charge in [0.25, 0.3) is 10.0 Å². The summed E-state index contributed by atoms with van der Waals surface area (Å²) in [6.07, 6.45) is 0. The molecule has 0 saturated heterocycles. The summed E-state index contributed by atoms with van der Waals surface area (Å²) in [4.78, 5) is -0.0775. The molecule has 0 spiro atoms. The number of benzene rings is 2. The van der Waals surface area contributed by atoms with Crippen LogP contribution in [0.1, 0.15) is 5.56 Å². The molecule has 2 aromatic rings. The van der Waals surface area contributed by atoms with Gasteiger partial charge >= 0.3 is 0 Å². The second-order valence-corrected chi connectivity index (χ2v) is 7.69. The first-order valence-electron chi connectivity index (χ1n) is 5.74. The molecule has 21 heavy (non-hydrogen) atoms. The summed E-state index contributed by atoms with van der Waals surface area (Å²) in [5.41, 5.74) is 7.15. The van der Waals surface area contributed by atoms with Gasteiger partial charge in [-0.25, -0.2) is 8.42 Å². The molecule has 0 heterocycles. The van der Waals surface area contributed by atoms with Gasteiger partial charge in [0.05, 0.1) is 15.7 Å². The second-order valence-electron chi connectivity index (χ2n) is 4.37. The standard InChI is InChI=1S/C13H11BrCl2N2O2S/c1-7-4-11(16)13(6-12(7)17)21(19,20)18-8-2-3-9(14)10(15)5-8/h2-6,18H,17H2,1H3. The highest BCUT2D eigenvalue weighted by Crippen LogP contribution is 2.30. The van der Waals surface area contributed by atoms with Crippen LogP contribution < -0.4 is 10.5 Å². The van der Waals surface area contributed by atoms with Gasteiger partial charge in [-0.2, -0.15) is 0 Å². The number of sulfonamides is 1. The van der Waals surface area contributed by atoms with Crippen molar-refractivity contribution in [2.45, 2.75) is 11.8 Å². The van der Waals surface area contributed by atoms with Gasteiger partial charge in [-0.3, -0.25) is 4.72 Å². The highest BCUT2D eigenvalue weighted by Gasteiger charge is 2.19. The first kappa shape index (κ1) is 16.4. The number of nitrogens with two attached hydrogens (primary N) is 1. The molecule has 0 aromatic heterocycles. The van der Waals surface area contributed by atoms with Crippen LogP contribution in [0.25, 0.3) is 0 Å². The van der Waals surface area contributed by atoms with Gasteiger partial charge < -0.3 is 5.73 Å². The fraction of sp³-hybridized carbons (Fsp3) is 0.0769. The van der Waals surface area contributed by atoms with Crippen LogP contribution in [0.5, 0.6) is 0 Å². The number of nitrogen functional groups attached to an aromatic ring is 1. The van der Waals surface area contributed by atoms with E-state index in [1.807, 2.05) is 0 Å². The second kappa shape index (κ2) is 6.04. The molecular formula is C13H11BrCl2N2O2S. The average molecular weight is 410 g/mol. The molecule has 0 fully saturated rings. The molecule has 0 amide bonds. The third-order valence-corrected chi connectivity index (χ3v) is 5.86. The Kier molecular flexibility index (Phi) is 4.72. The van der Waals surface area contributed by atoms with Crippen LogP contribution in [0.4, 0.5) is 11.4 Å². The minimum absolute atomic E-state index is 0.0775. The number of rotatable bonds is 3. The van der Waals surface area contributed by atoms with Gasteiger partial charge in [0, 0.05) is 10.2 Å². The van der Waals surface area contributed by atoms with Gasteiger partial charge in [-0.05, 0) is 58.7 Å². The predicted octanol–water partition coefficient (Wildman–Crippen LogP) is 4.45. The summed E-state index contributed by atoms with van der Waals surface area (Å²) in [6.45, 7) is 1.75. The van der Waals surface area contributed by atoms with Crippen LogP contribution in [0.3, 0.4) is 0 Å². The van der Waals surface area contributed by atoms with Crippen LogP contribution in [0.15, 0.2) is 39.7 Å². The maximum atomic E-state index is 12.4. The van der Waals surface area contributed by atoms with Crippen molar-refractivity contribution in [3.05, 3.63) is 50.4 Å². The lowest BCUT2D eigenvalue weighted by molar-refractivity contribution is 0.601. The monoisotopic (exact) mass is 408 g/mol. The molecule has 0 unspecified atom stereocenters. The third-order valence-electron chi connectivity index (χ3n) is 2.78. The zero-order chi connectivity index (χ0) is 15.8. The lowest BCUT2D eigenvalue weighted by Gasteiger charge is -2.12. The number of hydrogen-bond donors (Lipinski definition) is 2. The molecule has 0 aliphatic heterocycles. The van der Waals surface area contributed by atoms with Crippen LogP contribution in [-0.4, -0.2) is 8.42 Å². The van der Waals surface area contributed by atoms with Gasteiger partial charge in [-0.1, -0.05) is 23.2 Å². The van der Waals surface area contributed by atoms with Crippen LogP contribution in [-0.2, 0) is 10.0 Å². The molecule has 0 aliphatic carbocycles. The zero-order valence-corrected chi connectivity index (χ0v) is 14.7. The van der Waals surface area contributed by atoms with E-state index in [4.69, 9.17) is 28.9 Å². The number of anilines is 2. The van der Waals surface area contributed by atoms with Crippen molar-refractivity contribution in [2.24, 2.45) is 0 Å². The van der Waals surface area contributed by atoms with Gasteiger partial charge in [0.2, 0.25) is 0 Å². The minimum Gasteiger partial charge on any atom is -0.398 e. The lowest BCUT2D eigenvalue weighted by atomic mass is 10.2. The van der Waals surface area contributed by atoms with E-state index >= 15 is 0 Å². The molecule has 2 aromatic carbocycles. The maximum Gasteiger partial charge on any atom is 0.263 e. The quantitative estimate of drug-likeness (QED) is 0.735. The molecule has 112 valence electrons. The van der Waals surface area contributed by atoms with E-state index in [1.165, 1.54) is 18.2 Å². The topological polar surface area (TPSA) is 72.2 Å². The predicted molar refractivity (Wildman–Crippen MR) is 90.6 cm³/mol. The van der Waals surface area contributed by atoms with E-state index in [2.05, 4.69) is 20.7 Å². The molecule has 0 saturated carbocycles. The van der Waals surface area contributed by atoms with Gasteiger partial charge in [0.15, 0.2) is 0 Å². The van der Waals surface area contributed by atoms with Crippen molar-refractivity contribution in [2.75, 3.05) is 10.5 Å². The fourth-order valence-electron chi connectivity index (χ4n) is 1.64. The van der Waals surface area contributed by atoms with Crippen LogP contribution in [0.2, 0.25) is 10.0 Å². The van der Waals surface area contributed by atoms with Crippen molar-refractivity contribution in [3.8, 4) is 0 Å². The van der Waals surface area contributed by atoms with Crippen molar-refractivity contribution >= 4 is 60.5 Å². The van der Waals surface area contributed by atoms with E-state index in [0.29, 0.717) is 26.4 Å². The minimum atomic E-state index is -3.85. The molecule has 3 N–H and O–H groups in total. The number of halogens is 3. The Balaban J connectivity index is 2.43. The Hall–Kier alpha value is -0.950. The molecule has 2 rings (SSSR count). The maximum absolute atomic E-state index is 12.4. The summed E-state index contributed by atoms with van der Waals surface area (Å²) in [7, 11) is -3.85. The first-order valence-corrected chi connectivity index (χ1v) is 8.77. The number of nitrogens with one attached hydrogen (secondary N) is 1. The fourth-order valence-corrected chi connectivity index (χ4v) is 3.74. The van der Waals surface area contributed by atoms with Gasteiger partial charge in [0.1, 0.15) is 4.90 Å². The Labute approximate surface area is 141 Å². The molecule has 0 atom stereocenters. The van der Waals surface area contributed by atoms with E-state index in [1.54, 1.807) is 19.1 Å². The molecule has 8 heteroatoms. The van der Waals surface area contributed by atoms with Crippen LogP contribution >= 0.6 is 39.1 Å². The smallest absolute Gasteiger partial charge is 0.263 e. The lowest BCUT2D eigenvalue weighted by Crippen LogP contribution is -2.14. The van der Waals surface area contributed by atoms with E-state index in [0.717, 1.165) is 0 Å². The van der Waals surface area contributed by atoms with Crippen molar-refractivity contribution in [1.82, 2.24) is 0 Å². The zero-order valence-electron chi connectivity index (χ0n) is 10.8. The Morgan fingerprint density at radius 3 is 2.43 bits per heavy atom. The van der Waals surface area contributed by atoms with Crippen molar-refractivity contribution in [3.63, 3.8) is 0 Å². The summed E-state index contributed by atoms with van der Waals surface area (Å²) in [6, 6.07) is 7.57. The summed E-state index contributed by atoms with van der Waals surface area (Å²) >= 11 is 15.2. The molecule has 4 nitrogen and oxygen atoms in total. The Bertz CT molecular complexity index is 810. The largest absolute Gasteiger partial charge is 0.398 e. The summed E-state index contributed by atoms with van der Waals surface area (Å²) in [5, 5.41) is 0.502. The van der Waals surface area contributed by atoms with Crippen LogP contribution in [0, 0.1) is 6.92 Å². The highest BCUT2D eigenvalue weighted by molar-refractivity contribution is 9.10. The molecule has 0 radical (unpaired) electrons. The average Bonchev–Trinajstić information content (AvgIpc) is 2.37. The normalized spacial score (nSPS) is 11.4. The van der Waals surface area contributed by atoms with Crippen molar-refractivity contribution in [1.29, 1.82) is 0 Å². The first-order chi connectivity index (χ1) is 9.70. The SMILES string of the molecule is Cc1cc(Cl)c(S(=O)(=O)Nc2ccc(Br)c(Cl)c2)cc1N. The molecule has 0 bridgehead atoms. The van der Waals surface area contributed by atoms with E-state index < -0.39 is 10.0 Å². The molecular weight excluding hydrogens is 399 g/mol. The van der Waals surface area contributed by atoms with E-state index in [9.17, 15) is 8.42 Å².